The van der Waals surface area contributed by atoms with Crippen molar-refractivity contribution in [1.29, 1.82) is 0 Å². The number of piperazine rings is 1. The summed E-state index contributed by atoms with van der Waals surface area (Å²) < 4.78 is 42.3. The van der Waals surface area contributed by atoms with Crippen LogP contribution in [0, 0.1) is 6.92 Å². The second kappa shape index (κ2) is 8.37. The minimum atomic E-state index is -4.68. The van der Waals surface area contributed by atoms with Crippen LogP contribution < -0.4 is 10.3 Å². The number of rotatable bonds is 5. The molecule has 0 atom stereocenters. The summed E-state index contributed by atoms with van der Waals surface area (Å²) in [6.07, 6.45) is -4.68. The molecule has 0 aliphatic carbocycles. The first-order chi connectivity index (χ1) is 14.3. The topological polar surface area (TPSA) is 50.1 Å². The van der Waals surface area contributed by atoms with Gasteiger partial charge in [-0.05, 0) is 24.6 Å². The van der Waals surface area contributed by atoms with Gasteiger partial charge in [0.25, 0.3) is 5.56 Å². The van der Waals surface area contributed by atoms with Gasteiger partial charge in [-0.1, -0.05) is 12.1 Å². The third-order valence-electron chi connectivity index (χ3n) is 5.04. The van der Waals surface area contributed by atoms with Crippen LogP contribution in [-0.2, 0) is 13.1 Å². The van der Waals surface area contributed by atoms with E-state index >= 15 is 0 Å². The lowest BCUT2D eigenvalue weighted by Gasteiger charge is -2.34. The van der Waals surface area contributed by atoms with Crippen molar-refractivity contribution < 1.29 is 17.9 Å². The van der Waals surface area contributed by atoms with Crippen LogP contribution in [0.4, 0.5) is 13.2 Å². The van der Waals surface area contributed by atoms with E-state index in [4.69, 9.17) is 0 Å². The summed E-state index contributed by atoms with van der Waals surface area (Å²) in [5, 5.41) is 1.92. The molecule has 0 bridgehead atoms. The maximum Gasteiger partial charge on any atom is 0.573 e. The van der Waals surface area contributed by atoms with Gasteiger partial charge < -0.3 is 4.74 Å². The van der Waals surface area contributed by atoms with Crippen LogP contribution >= 0.6 is 11.3 Å². The van der Waals surface area contributed by atoms with Crippen LogP contribution in [-0.4, -0.2) is 51.7 Å². The van der Waals surface area contributed by atoms with Crippen molar-refractivity contribution in [3.63, 3.8) is 0 Å². The predicted octanol–water partition coefficient (Wildman–Crippen LogP) is 3.28. The Kier molecular flexibility index (Phi) is 5.81. The van der Waals surface area contributed by atoms with E-state index in [1.807, 2.05) is 12.3 Å². The summed E-state index contributed by atoms with van der Waals surface area (Å²) in [6.45, 7) is 6.52. The second-order valence-electron chi connectivity index (χ2n) is 7.32. The Morgan fingerprint density at radius 2 is 1.70 bits per heavy atom. The molecule has 0 spiro atoms. The SMILES string of the molecule is Cc1csc2nc(CN3CCN(Cc4ccc(OC(F)(F)F)cc4)CC3)cc(=O)n12. The fraction of sp³-hybridized carbons (Fsp3) is 0.400. The van der Waals surface area contributed by atoms with Gasteiger partial charge in [0.2, 0.25) is 0 Å². The lowest BCUT2D eigenvalue weighted by atomic mass is 10.2. The van der Waals surface area contributed by atoms with Gasteiger partial charge in [-0.2, -0.15) is 0 Å². The molecule has 3 aromatic rings. The van der Waals surface area contributed by atoms with Crippen molar-refractivity contribution in [2.75, 3.05) is 26.2 Å². The van der Waals surface area contributed by atoms with E-state index < -0.39 is 6.36 Å². The molecule has 4 rings (SSSR count). The Labute approximate surface area is 175 Å². The van der Waals surface area contributed by atoms with Gasteiger partial charge in [0.05, 0.1) is 5.69 Å². The number of aromatic nitrogens is 2. The number of thiazole rings is 1. The molecule has 1 aliphatic rings. The van der Waals surface area contributed by atoms with Crippen molar-refractivity contribution >= 4 is 16.3 Å². The molecular formula is C20H21F3N4O2S. The van der Waals surface area contributed by atoms with Gasteiger partial charge in [0.1, 0.15) is 5.75 Å². The zero-order chi connectivity index (χ0) is 21.3. The van der Waals surface area contributed by atoms with E-state index in [0.29, 0.717) is 18.1 Å². The first-order valence-electron chi connectivity index (χ1n) is 9.53. The van der Waals surface area contributed by atoms with Crippen LogP contribution in [0.3, 0.4) is 0 Å². The van der Waals surface area contributed by atoms with E-state index in [0.717, 1.165) is 43.1 Å². The van der Waals surface area contributed by atoms with Crippen LogP contribution in [0.5, 0.6) is 5.75 Å². The number of benzene rings is 1. The molecule has 6 nitrogen and oxygen atoms in total. The average Bonchev–Trinajstić information content (AvgIpc) is 3.05. The maximum atomic E-state index is 12.3. The monoisotopic (exact) mass is 438 g/mol. The van der Waals surface area contributed by atoms with Crippen molar-refractivity contribution in [1.82, 2.24) is 19.2 Å². The standard InChI is InChI=1S/C20H21F3N4O2S/c1-14-13-30-19-24-16(10-18(28)27(14)19)12-26-8-6-25(7-9-26)11-15-2-4-17(5-3-15)29-20(21,22)23/h2-5,10,13H,6-9,11-12H2,1H3. The number of halogens is 3. The first-order valence-corrected chi connectivity index (χ1v) is 10.4. The zero-order valence-corrected chi connectivity index (χ0v) is 17.2. The maximum absolute atomic E-state index is 12.3. The number of hydrogen-bond acceptors (Lipinski definition) is 6. The minimum Gasteiger partial charge on any atom is -0.406 e. The molecule has 0 N–H and O–H groups in total. The minimum absolute atomic E-state index is 0.0506. The van der Waals surface area contributed by atoms with Crippen molar-refractivity contribution in [2.45, 2.75) is 26.4 Å². The highest BCUT2D eigenvalue weighted by Crippen LogP contribution is 2.23. The highest BCUT2D eigenvalue weighted by molar-refractivity contribution is 7.15. The van der Waals surface area contributed by atoms with Crippen LogP contribution in [0.25, 0.3) is 4.96 Å². The quantitative estimate of drug-likeness (QED) is 0.612. The summed E-state index contributed by atoms with van der Waals surface area (Å²) in [4.78, 5) is 22.1. The molecule has 0 saturated carbocycles. The molecule has 3 heterocycles. The van der Waals surface area contributed by atoms with Gasteiger partial charge in [-0.3, -0.25) is 19.0 Å². The molecular weight excluding hydrogens is 417 g/mol. The molecule has 30 heavy (non-hydrogen) atoms. The molecule has 1 saturated heterocycles. The number of ether oxygens (including phenoxy) is 1. The Morgan fingerprint density at radius 1 is 1.07 bits per heavy atom. The van der Waals surface area contributed by atoms with Gasteiger partial charge in [0, 0.05) is 56.4 Å². The van der Waals surface area contributed by atoms with Gasteiger partial charge in [0.15, 0.2) is 4.96 Å². The Bertz CT molecular complexity index is 1070. The number of nitrogens with zero attached hydrogens (tertiary/aromatic N) is 4. The molecule has 0 unspecified atom stereocenters. The molecule has 160 valence electrons. The lowest BCUT2D eigenvalue weighted by molar-refractivity contribution is -0.274. The lowest BCUT2D eigenvalue weighted by Crippen LogP contribution is -2.45. The van der Waals surface area contributed by atoms with E-state index in [1.54, 1.807) is 22.6 Å². The van der Waals surface area contributed by atoms with Crippen LogP contribution in [0.15, 0.2) is 40.5 Å². The van der Waals surface area contributed by atoms with Crippen LogP contribution in [0.2, 0.25) is 0 Å². The summed E-state index contributed by atoms with van der Waals surface area (Å²) >= 11 is 1.46. The van der Waals surface area contributed by atoms with E-state index in [9.17, 15) is 18.0 Å². The van der Waals surface area contributed by atoms with Crippen molar-refractivity contribution in [2.24, 2.45) is 0 Å². The normalized spacial score (nSPS) is 16.3. The number of hydrogen-bond donors (Lipinski definition) is 0. The third-order valence-corrected chi connectivity index (χ3v) is 5.99. The first kappa shape index (κ1) is 20.8. The van der Waals surface area contributed by atoms with Gasteiger partial charge >= 0.3 is 6.36 Å². The van der Waals surface area contributed by atoms with E-state index in [-0.39, 0.29) is 11.3 Å². The Hall–Kier alpha value is -2.43. The Balaban J connectivity index is 1.30. The number of alkyl halides is 3. The van der Waals surface area contributed by atoms with Gasteiger partial charge in [-0.15, -0.1) is 24.5 Å². The highest BCUT2D eigenvalue weighted by atomic mass is 32.1. The Morgan fingerprint density at radius 3 is 2.33 bits per heavy atom. The molecule has 0 amide bonds. The largest absolute Gasteiger partial charge is 0.573 e. The molecule has 0 radical (unpaired) electrons. The fourth-order valence-corrected chi connectivity index (χ4v) is 4.46. The van der Waals surface area contributed by atoms with Crippen molar-refractivity contribution in [3.05, 3.63) is 63.0 Å². The van der Waals surface area contributed by atoms with Gasteiger partial charge in [-0.25, -0.2) is 4.98 Å². The summed E-state index contributed by atoms with van der Waals surface area (Å²) in [5.74, 6) is -0.211. The smallest absolute Gasteiger partial charge is 0.406 e. The van der Waals surface area contributed by atoms with Crippen LogP contribution in [0.1, 0.15) is 17.0 Å². The third kappa shape index (κ3) is 5.00. The molecule has 10 heteroatoms. The summed E-state index contributed by atoms with van der Waals surface area (Å²) in [5.41, 5.74) is 2.55. The summed E-state index contributed by atoms with van der Waals surface area (Å²) in [7, 11) is 0. The fourth-order valence-electron chi connectivity index (χ4n) is 3.57. The molecule has 1 aromatic carbocycles. The molecule has 2 aromatic heterocycles. The van der Waals surface area contributed by atoms with E-state index in [1.165, 1.54) is 23.5 Å². The number of fused-ring (bicyclic) bond motifs is 1. The summed E-state index contributed by atoms with van der Waals surface area (Å²) in [6, 6.07) is 7.59. The van der Waals surface area contributed by atoms with Crippen molar-refractivity contribution in [3.8, 4) is 5.75 Å². The predicted molar refractivity (Wildman–Crippen MR) is 108 cm³/mol. The average molecular weight is 438 g/mol. The molecule has 1 fully saturated rings. The highest BCUT2D eigenvalue weighted by Gasteiger charge is 2.31. The second-order valence-corrected chi connectivity index (χ2v) is 8.16. The zero-order valence-electron chi connectivity index (χ0n) is 16.4. The number of aryl methyl sites for hydroxylation is 1. The van der Waals surface area contributed by atoms with E-state index in [2.05, 4.69) is 19.5 Å². The molecule has 1 aliphatic heterocycles.